The molecule has 2 fully saturated rings. The lowest BCUT2D eigenvalue weighted by atomic mass is 10.0. The smallest absolute Gasteiger partial charge is 0.295 e. The van der Waals surface area contributed by atoms with Gasteiger partial charge in [-0.05, 0) is 54.3 Å². The predicted molar refractivity (Wildman–Crippen MR) is 147 cm³/mol. The minimum absolute atomic E-state index is 0.0545. The number of nitrogens with one attached hydrogen (secondary N) is 4. The van der Waals surface area contributed by atoms with Gasteiger partial charge in [0.1, 0.15) is 4.90 Å². The molecule has 18 nitrogen and oxygen atoms in total. The molecule has 0 atom stereocenters. The van der Waals surface area contributed by atoms with Crippen LogP contribution in [0, 0.1) is 0 Å². The van der Waals surface area contributed by atoms with Crippen LogP contribution in [-0.4, -0.2) is 64.2 Å². The van der Waals surface area contributed by atoms with Gasteiger partial charge in [0.15, 0.2) is 10.2 Å². The monoisotopic (exact) mass is 654 g/mol. The fourth-order valence-electron chi connectivity index (χ4n) is 3.41. The molecule has 0 aliphatic carbocycles. The molecule has 218 valence electrons. The number of carbonyl (C=O) groups is 4. The number of carbonyl (C=O) groups excluding carboxylic acids is 4. The molecule has 0 aromatic heterocycles. The number of thiocarbonyl (C=S) groups is 2. The van der Waals surface area contributed by atoms with E-state index < -0.39 is 50.7 Å². The Hall–Kier alpha value is -4.16. The maximum atomic E-state index is 12.3. The second kappa shape index (κ2) is 12.8. The Bertz CT molecular complexity index is 1660. The fourth-order valence-corrected chi connectivity index (χ4v) is 5.07. The van der Waals surface area contributed by atoms with Gasteiger partial charge in [-0.1, -0.05) is 17.2 Å². The largest absolute Gasteiger partial charge is 0.300 e. The Labute approximate surface area is 249 Å². The van der Waals surface area contributed by atoms with E-state index in [4.69, 9.17) is 29.7 Å². The fraction of sp³-hybridized carbons (Fsp3) is 0.100. The molecule has 2 aromatic carbocycles. The van der Waals surface area contributed by atoms with E-state index in [-0.39, 0.29) is 37.6 Å². The first-order chi connectivity index (χ1) is 19.9. The summed E-state index contributed by atoms with van der Waals surface area (Å²) < 4.78 is 39.0. The third-order valence-electron chi connectivity index (χ3n) is 5.17. The summed E-state index contributed by atoms with van der Waals surface area (Å²) >= 11 is 9.82. The van der Waals surface area contributed by atoms with Crippen LogP contribution in [-0.2, 0) is 38.7 Å². The van der Waals surface area contributed by atoms with Gasteiger partial charge in [0.05, 0.1) is 23.4 Å². The number of nitrogens with zero attached hydrogens (tertiary/aromatic N) is 4. The number of rotatable bonds is 9. The highest BCUT2D eigenvalue weighted by Gasteiger charge is 2.34. The number of amides is 4. The maximum Gasteiger partial charge on any atom is 0.295 e. The second-order valence-corrected chi connectivity index (χ2v) is 10.9. The summed E-state index contributed by atoms with van der Waals surface area (Å²) in [7, 11) is -4.91. The van der Waals surface area contributed by atoms with Crippen LogP contribution in [0.25, 0.3) is 11.1 Å². The molecule has 4 amide bonds. The first kappa shape index (κ1) is 30.8. The second-order valence-electron chi connectivity index (χ2n) is 7.91. The number of azo groups is 2. The standard InChI is InChI=1S/C20H14N8O10S4/c29-15-13(16(30)22-19(39)21-15)27-25-7-1-3-9(11(5-7)41-38-37-33)10-4-2-8(6-12(10)42(34,35)36)26-28-14-17(31)23-20(40)24-18(14)32/h1-6,13-14,33H,(H,34,35,36)(H2,21,22,29,30,39)(H2,23,24,31,32,40). The minimum Gasteiger partial charge on any atom is -0.300 e. The molecule has 42 heavy (non-hydrogen) atoms. The van der Waals surface area contributed by atoms with Crippen molar-refractivity contribution in [3.8, 4) is 11.1 Å². The summed E-state index contributed by atoms with van der Waals surface area (Å²) in [4.78, 5) is 47.4. The number of benzene rings is 2. The molecule has 0 spiro atoms. The topological polar surface area (TPSA) is 259 Å². The molecule has 2 aliphatic rings. The Kier molecular flexibility index (Phi) is 9.37. The van der Waals surface area contributed by atoms with Crippen LogP contribution in [0.3, 0.4) is 0 Å². The number of hydrogen-bond donors (Lipinski definition) is 6. The summed E-state index contributed by atoms with van der Waals surface area (Å²) in [5.74, 6) is -3.31. The molecule has 2 aromatic rings. The summed E-state index contributed by atoms with van der Waals surface area (Å²) in [6, 6.07) is 4.22. The molecule has 4 rings (SSSR count). The molecule has 22 heteroatoms. The van der Waals surface area contributed by atoms with E-state index in [1.165, 1.54) is 30.3 Å². The van der Waals surface area contributed by atoms with Crippen LogP contribution < -0.4 is 21.3 Å². The van der Waals surface area contributed by atoms with Gasteiger partial charge in [0.2, 0.25) is 12.1 Å². The van der Waals surface area contributed by atoms with Gasteiger partial charge in [0, 0.05) is 10.5 Å². The van der Waals surface area contributed by atoms with E-state index in [9.17, 15) is 32.1 Å². The molecule has 0 saturated carbocycles. The molecular weight excluding hydrogens is 641 g/mol. The molecule has 2 aliphatic heterocycles. The first-order valence-electron chi connectivity index (χ1n) is 10.9. The van der Waals surface area contributed by atoms with Gasteiger partial charge < -0.3 is 21.3 Å². The van der Waals surface area contributed by atoms with Crippen molar-refractivity contribution in [3.05, 3.63) is 36.4 Å². The number of hydrogen-bond acceptors (Lipinski definition) is 16. The van der Waals surface area contributed by atoms with Crippen molar-refractivity contribution in [3.63, 3.8) is 0 Å². The van der Waals surface area contributed by atoms with E-state index in [2.05, 4.69) is 51.1 Å². The quantitative estimate of drug-likeness (QED) is 0.0420. The van der Waals surface area contributed by atoms with Crippen LogP contribution in [0.5, 0.6) is 0 Å². The van der Waals surface area contributed by atoms with Crippen LogP contribution in [0.15, 0.2) is 66.6 Å². The lowest BCUT2D eigenvalue weighted by molar-refractivity contribution is -0.432. The predicted octanol–water partition coefficient (Wildman–Crippen LogP) is 0.995. The van der Waals surface area contributed by atoms with E-state index in [0.717, 1.165) is 6.07 Å². The van der Waals surface area contributed by atoms with Crippen LogP contribution in [0.2, 0.25) is 0 Å². The van der Waals surface area contributed by atoms with Gasteiger partial charge in [-0.3, -0.25) is 23.7 Å². The van der Waals surface area contributed by atoms with E-state index in [0.29, 0.717) is 12.0 Å². The highest BCUT2D eigenvalue weighted by molar-refractivity contribution is 7.94. The van der Waals surface area contributed by atoms with Crippen molar-refractivity contribution in [2.45, 2.75) is 21.9 Å². The zero-order valence-electron chi connectivity index (χ0n) is 20.2. The molecule has 2 heterocycles. The van der Waals surface area contributed by atoms with Gasteiger partial charge in [-0.2, -0.15) is 28.9 Å². The Morgan fingerprint density at radius 3 is 1.67 bits per heavy atom. The van der Waals surface area contributed by atoms with Gasteiger partial charge >= 0.3 is 0 Å². The van der Waals surface area contributed by atoms with Crippen LogP contribution in [0.4, 0.5) is 11.4 Å². The van der Waals surface area contributed by atoms with Crippen LogP contribution in [0.1, 0.15) is 0 Å². The zero-order chi connectivity index (χ0) is 30.6. The lowest BCUT2D eigenvalue weighted by Gasteiger charge is -2.18. The Morgan fingerprint density at radius 1 is 0.762 bits per heavy atom. The summed E-state index contributed by atoms with van der Waals surface area (Å²) in [6.07, 6.45) is 0. The summed E-state index contributed by atoms with van der Waals surface area (Å²) in [6.45, 7) is 0. The molecule has 0 bridgehead atoms. The average molecular weight is 655 g/mol. The van der Waals surface area contributed by atoms with Crippen molar-refractivity contribution in [2.75, 3.05) is 0 Å². The lowest BCUT2D eigenvalue weighted by Crippen LogP contribution is -2.57. The van der Waals surface area contributed by atoms with Crippen molar-refractivity contribution in [2.24, 2.45) is 20.5 Å². The van der Waals surface area contributed by atoms with Gasteiger partial charge in [0.25, 0.3) is 33.7 Å². The third kappa shape index (κ3) is 7.18. The maximum absolute atomic E-state index is 12.3. The van der Waals surface area contributed by atoms with Crippen LogP contribution >= 0.6 is 36.5 Å². The van der Waals surface area contributed by atoms with E-state index >= 15 is 0 Å². The highest BCUT2D eigenvalue weighted by atomic mass is 32.2. The van der Waals surface area contributed by atoms with Gasteiger partial charge in [-0.15, -0.1) is 4.33 Å². The Morgan fingerprint density at radius 2 is 1.21 bits per heavy atom. The molecule has 0 radical (unpaired) electrons. The molecule has 0 unspecified atom stereocenters. The normalized spacial score (nSPS) is 17.0. The summed E-state index contributed by atoms with van der Waals surface area (Å²) in [5.41, 5.74) is -0.0933. The first-order valence-corrected chi connectivity index (χ1v) is 13.9. The average Bonchev–Trinajstić information content (AvgIpc) is 2.90. The zero-order valence-corrected chi connectivity index (χ0v) is 23.5. The molecule has 2 saturated heterocycles. The van der Waals surface area contributed by atoms with E-state index in [1.807, 2.05) is 0 Å². The summed E-state index contributed by atoms with van der Waals surface area (Å²) in [5, 5.41) is 35.6. The molecular formula is C20H14N8O10S4. The van der Waals surface area contributed by atoms with E-state index in [1.54, 1.807) is 0 Å². The van der Waals surface area contributed by atoms with Gasteiger partial charge in [-0.25, -0.2) is 5.26 Å². The van der Waals surface area contributed by atoms with Crippen molar-refractivity contribution in [1.82, 2.24) is 21.3 Å². The minimum atomic E-state index is -4.91. The van der Waals surface area contributed by atoms with Crippen molar-refractivity contribution >= 4 is 91.8 Å². The SMILES string of the molecule is O=C1NC(=S)NC(=O)C1N=Nc1ccc(-c2ccc(N=NC3C(=O)NC(=S)NC3=O)cc2S(=O)(=O)O)c(SOOO)c1. The Balaban J connectivity index is 1.69. The third-order valence-corrected chi connectivity index (χ3v) is 7.12. The highest BCUT2D eigenvalue weighted by Crippen LogP contribution is 2.39. The molecule has 6 N–H and O–H groups in total. The van der Waals surface area contributed by atoms with Crippen molar-refractivity contribution < 1.29 is 46.8 Å². The van der Waals surface area contributed by atoms with Crippen molar-refractivity contribution in [1.29, 1.82) is 0 Å².